The third-order valence-corrected chi connectivity index (χ3v) is 5.07. The first-order chi connectivity index (χ1) is 14.4. The topological polar surface area (TPSA) is 54.4 Å². The van der Waals surface area contributed by atoms with Gasteiger partial charge in [-0.2, -0.15) is 0 Å². The molecule has 0 saturated carbocycles. The zero-order chi connectivity index (χ0) is 21.4. The molecule has 1 saturated heterocycles. The highest BCUT2D eigenvalue weighted by atomic mass is 16.5. The molecule has 0 aromatic heterocycles. The van der Waals surface area contributed by atoms with E-state index in [4.69, 9.17) is 14.2 Å². The maximum Gasteiger partial charge on any atom is 0.134 e. The number of benzene rings is 2. The molecule has 0 bridgehead atoms. The van der Waals surface area contributed by atoms with Crippen LogP contribution in [0.15, 0.2) is 48.5 Å². The Bertz CT molecular complexity index is 781. The summed E-state index contributed by atoms with van der Waals surface area (Å²) in [5.74, 6) is 1.65. The predicted molar refractivity (Wildman–Crippen MR) is 118 cm³/mol. The summed E-state index contributed by atoms with van der Waals surface area (Å²) in [4.78, 5) is 4.31. The third kappa shape index (κ3) is 7.29. The molecule has 1 atom stereocenters. The average molecular weight is 415 g/mol. The highest BCUT2D eigenvalue weighted by molar-refractivity contribution is 5.28. The Kier molecular flexibility index (Phi) is 8.10. The molecule has 0 radical (unpaired) electrons. The quantitative estimate of drug-likeness (QED) is 0.681. The lowest BCUT2D eigenvalue weighted by Gasteiger charge is -2.30. The monoisotopic (exact) mass is 414 g/mol. The van der Waals surface area contributed by atoms with Crippen molar-refractivity contribution < 1.29 is 19.3 Å². The summed E-state index contributed by atoms with van der Waals surface area (Å²) in [6, 6.07) is 16.0. The Labute approximate surface area is 180 Å². The van der Waals surface area contributed by atoms with E-state index in [1.165, 1.54) is 5.56 Å². The van der Waals surface area contributed by atoms with Crippen LogP contribution in [0.2, 0.25) is 0 Å². The molecule has 1 aliphatic heterocycles. The first-order valence-corrected chi connectivity index (χ1v) is 10.5. The number of hydrogen-bond donors (Lipinski definition) is 1. The van der Waals surface area contributed by atoms with E-state index in [2.05, 4.69) is 21.9 Å². The van der Waals surface area contributed by atoms with Crippen LogP contribution < -0.4 is 9.47 Å². The maximum absolute atomic E-state index is 11.1. The zero-order valence-electron chi connectivity index (χ0n) is 18.3. The van der Waals surface area contributed by atoms with Crippen LogP contribution in [0.5, 0.6) is 11.5 Å². The smallest absolute Gasteiger partial charge is 0.134 e. The van der Waals surface area contributed by atoms with Crippen LogP contribution in [0.1, 0.15) is 11.1 Å². The summed E-state index contributed by atoms with van der Waals surface area (Å²) in [5, 5.41) is 11.1. The number of hydrogen-bond acceptors (Lipinski definition) is 6. The lowest BCUT2D eigenvalue weighted by molar-refractivity contribution is -0.0646. The van der Waals surface area contributed by atoms with Gasteiger partial charge in [0.1, 0.15) is 30.3 Å². The zero-order valence-corrected chi connectivity index (χ0v) is 18.3. The van der Waals surface area contributed by atoms with Gasteiger partial charge in [-0.1, -0.05) is 24.3 Å². The molecule has 30 heavy (non-hydrogen) atoms. The first-order valence-electron chi connectivity index (χ1n) is 10.5. The summed E-state index contributed by atoms with van der Waals surface area (Å²) in [5.41, 5.74) is 1.27. The summed E-state index contributed by atoms with van der Waals surface area (Å²) in [6.45, 7) is 6.67. The second-order valence-electron chi connectivity index (χ2n) is 8.39. The number of likely N-dealkylation sites (N-methyl/N-ethyl adjacent to an activating group) is 1. The van der Waals surface area contributed by atoms with Crippen molar-refractivity contribution >= 4 is 0 Å². The van der Waals surface area contributed by atoms with Crippen molar-refractivity contribution in [3.8, 4) is 11.5 Å². The number of aliphatic hydroxyl groups is 1. The summed E-state index contributed by atoms with van der Waals surface area (Å²) in [6.07, 6.45) is 0. The lowest BCUT2D eigenvalue weighted by Crippen LogP contribution is -2.48. The van der Waals surface area contributed by atoms with Crippen LogP contribution >= 0.6 is 0 Å². The number of β-amino-alcohol motifs (C(OH)–C–C–N with tert-alkyl or cyclic N) is 1. The minimum absolute atomic E-state index is 0.200. The molecule has 0 spiro atoms. The van der Waals surface area contributed by atoms with Crippen LogP contribution in [-0.4, -0.2) is 80.7 Å². The molecule has 1 aliphatic rings. The standard InChI is InChI=1S/C24H34N2O4/c1-20-5-4-6-23(15-20)30-19-24(27)17-26(12-13-28-18-24)16-21-7-9-22(10-8-21)29-14-11-25(2)3/h4-10,15,27H,11-14,16-19H2,1-3H3. The fourth-order valence-electron chi connectivity index (χ4n) is 3.44. The van der Waals surface area contributed by atoms with Gasteiger partial charge in [-0.3, -0.25) is 4.90 Å². The molecule has 164 valence electrons. The summed E-state index contributed by atoms with van der Waals surface area (Å²) >= 11 is 0. The van der Waals surface area contributed by atoms with E-state index in [1.54, 1.807) is 0 Å². The summed E-state index contributed by atoms with van der Waals surface area (Å²) < 4.78 is 17.3. The molecule has 1 unspecified atom stereocenters. The molecule has 1 N–H and O–H groups in total. The van der Waals surface area contributed by atoms with Crippen molar-refractivity contribution in [2.24, 2.45) is 0 Å². The van der Waals surface area contributed by atoms with Gasteiger partial charge >= 0.3 is 0 Å². The number of ether oxygens (including phenoxy) is 3. The van der Waals surface area contributed by atoms with E-state index in [9.17, 15) is 5.11 Å². The van der Waals surface area contributed by atoms with Crippen molar-refractivity contribution in [2.75, 3.05) is 60.2 Å². The molecular formula is C24H34N2O4. The minimum atomic E-state index is -1.05. The van der Waals surface area contributed by atoms with Gasteiger partial charge in [0, 0.05) is 26.2 Å². The van der Waals surface area contributed by atoms with E-state index in [0.29, 0.717) is 19.8 Å². The fraction of sp³-hybridized carbons (Fsp3) is 0.500. The molecule has 1 heterocycles. The normalized spacial score (nSPS) is 20.2. The van der Waals surface area contributed by atoms with E-state index in [1.807, 2.05) is 57.4 Å². The molecule has 6 heteroatoms. The Morgan fingerprint density at radius 3 is 2.63 bits per heavy atom. The van der Waals surface area contributed by atoms with Crippen molar-refractivity contribution in [1.82, 2.24) is 9.80 Å². The Balaban J connectivity index is 1.54. The van der Waals surface area contributed by atoms with Crippen molar-refractivity contribution in [3.05, 3.63) is 59.7 Å². The van der Waals surface area contributed by atoms with Gasteiger partial charge in [0.25, 0.3) is 0 Å². The molecular weight excluding hydrogens is 380 g/mol. The third-order valence-electron chi connectivity index (χ3n) is 5.07. The van der Waals surface area contributed by atoms with Crippen molar-refractivity contribution in [1.29, 1.82) is 0 Å². The van der Waals surface area contributed by atoms with Gasteiger partial charge in [-0.15, -0.1) is 0 Å². The van der Waals surface area contributed by atoms with Gasteiger partial charge in [0.15, 0.2) is 0 Å². The Morgan fingerprint density at radius 2 is 1.90 bits per heavy atom. The molecule has 6 nitrogen and oxygen atoms in total. The van der Waals surface area contributed by atoms with Gasteiger partial charge in [-0.05, 0) is 56.4 Å². The molecule has 2 aromatic carbocycles. The van der Waals surface area contributed by atoms with Gasteiger partial charge in [-0.25, -0.2) is 0 Å². The molecule has 3 rings (SSSR count). The van der Waals surface area contributed by atoms with Gasteiger partial charge in [0.05, 0.1) is 13.2 Å². The SMILES string of the molecule is Cc1cccc(OCC2(O)COCCN(Cc3ccc(OCCN(C)C)cc3)C2)c1. The predicted octanol–water partition coefficient (Wildman–Crippen LogP) is 2.58. The number of nitrogens with zero attached hydrogens (tertiary/aromatic N) is 2. The van der Waals surface area contributed by atoms with Crippen molar-refractivity contribution in [3.63, 3.8) is 0 Å². The second-order valence-corrected chi connectivity index (χ2v) is 8.39. The average Bonchev–Trinajstić information content (AvgIpc) is 2.89. The van der Waals surface area contributed by atoms with Crippen LogP contribution in [0, 0.1) is 6.92 Å². The molecule has 2 aromatic rings. The Hall–Kier alpha value is -2.12. The molecule has 1 fully saturated rings. The van der Waals surface area contributed by atoms with Crippen LogP contribution in [-0.2, 0) is 11.3 Å². The van der Waals surface area contributed by atoms with Crippen LogP contribution in [0.4, 0.5) is 0 Å². The van der Waals surface area contributed by atoms with Gasteiger partial charge < -0.3 is 24.2 Å². The largest absolute Gasteiger partial charge is 0.492 e. The van der Waals surface area contributed by atoms with E-state index >= 15 is 0 Å². The highest BCUT2D eigenvalue weighted by Gasteiger charge is 2.33. The maximum atomic E-state index is 11.1. The van der Waals surface area contributed by atoms with E-state index < -0.39 is 5.60 Å². The minimum Gasteiger partial charge on any atom is -0.492 e. The highest BCUT2D eigenvalue weighted by Crippen LogP contribution is 2.20. The summed E-state index contributed by atoms with van der Waals surface area (Å²) in [7, 11) is 4.06. The van der Waals surface area contributed by atoms with Crippen LogP contribution in [0.3, 0.4) is 0 Å². The fourth-order valence-corrected chi connectivity index (χ4v) is 3.44. The molecule has 0 amide bonds. The van der Waals surface area contributed by atoms with Crippen molar-refractivity contribution in [2.45, 2.75) is 19.1 Å². The number of rotatable bonds is 9. The number of aryl methyl sites for hydroxylation is 1. The van der Waals surface area contributed by atoms with Crippen LogP contribution in [0.25, 0.3) is 0 Å². The first kappa shape index (κ1) is 22.6. The Morgan fingerprint density at radius 1 is 1.10 bits per heavy atom. The van der Waals surface area contributed by atoms with Gasteiger partial charge in [0.2, 0.25) is 0 Å². The molecule has 0 aliphatic carbocycles. The van der Waals surface area contributed by atoms with E-state index in [-0.39, 0.29) is 13.2 Å². The lowest BCUT2D eigenvalue weighted by atomic mass is 10.1. The van der Waals surface area contributed by atoms with E-state index in [0.717, 1.165) is 36.7 Å². The second kappa shape index (κ2) is 10.8.